The van der Waals surface area contributed by atoms with Gasteiger partial charge in [-0.3, -0.25) is 4.79 Å². The third-order valence-electron chi connectivity index (χ3n) is 3.28. The van der Waals surface area contributed by atoms with E-state index in [-0.39, 0.29) is 11.5 Å². The van der Waals surface area contributed by atoms with E-state index in [9.17, 15) is 15.0 Å². The molecule has 1 aliphatic rings. The lowest BCUT2D eigenvalue weighted by Gasteiger charge is -2.28. The molecule has 1 heterocycles. The number of aliphatic hydroxyl groups excluding tert-OH is 2. The van der Waals surface area contributed by atoms with Crippen molar-refractivity contribution in [1.82, 2.24) is 0 Å². The fourth-order valence-electron chi connectivity index (χ4n) is 2.39. The van der Waals surface area contributed by atoms with Crippen LogP contribution in [0.25, 0.3) is 11.0 Å². The second-order valence-electron chi connectivity index (χ2n) is 4.29. The molecule has 0 spiro atoms. The van der Waals surface area contributed by atoms with E-state index in [2.05, 4.69) is 0 Å². The van der Waals surface area contributed by atoms with Gasteiger partial charge in [0, 0.05) is 12.5 Å². The third-order valence-corrected chi connectivity index (χ3v) is 3.28. The van der Waals surface area contributed by atoms with Gasteiger partial charge in [0.05, 0.1) is 5.56 Å². The van der Waals surface area contributed by atoms with Crippen LogP contribution >= 0.6 is 0 Å². The number of hydrogen-bond acceptors (Lipinski definition) is 5. The number of rotatable bonds is 1. The number of carbonyl (C=O) groups excluding carboxylic acids is 1. The molecular weight excluding hydrogens is 236 g/mol. The fraction of sp³-hybridized carbons (Fsp3) is 0.308. The first-order valence-electron chi connectivity index (χ1n) is 5.59. The van der Waals surface area contributed by atoms with Crippen LogP contribution in [0.4, 0.5) is 0 Å². The molecule has 94 valence electrons. The molecule has 1 aliphatic carbocycles. The first-order chi connectivity index (χ1) is 8.65. The molecule has 1 aromatic heterocycles. The minimum atomic E-state index is -1.31. The number of aliphatic hydroxyl groups is 2. The Labute approximate surface area is 103 Å². The Morgan fingerprint density at radius 1 is 1.28 bits per heavy atom. The molecule has 3 atom stereocenters. The predicted molar refractivity (Wildman–Crippen MR) is 62.3 cm³/mol. The first-order valence-corrected chi connectivity index (χ1v) is 5.59. The second kappa shape index (κ2) is 3.91. The van der Waals surface area contributed by atoms with Gasteiger partial charge in [0.1, 0.15) is 29.7 Å². The maximum Gasteiger partial charge on any atom is 0.198 e. The van der Waals surface area contributed by atoms with Gasteiger partial charge in [-0.2, -0.15) is 0 Å². The van der Waals surface area contributed by atoms with Gasteiger partial charge >= 0.3 is 0 Å². The van der Waals surface area contributed by atoms with E-state index in [0.717, 1.165) is 0 Å². The monoisotopic (exact) mass is 248 g/mol. The van der Waals surface area contributed by atoms with Crippen molar-refractivity contribution in [2.75, 3.05) is 7.11 Å². The van der Waals surface area contributed by atoms with Crippen molar-refractivity contribution in [2.24, 2.45) is 0 Å². The summed E-state index contributed by atoms with van der Waals surface area (Å²) in [7, 11) is 1.33. The van der Waals surface area contributed by atoms with Crippen molar-refractivity contribution >= 4 is 16.8 Å². The number of ketones is 1. The molecule has 0 bridgehead atoms. The van der Waals surface area contributed by atoms with Crippen LogP contribution in [0.15, 0.2) is 28.7 Å². The molecule has 0 aliphatic heterocycles. The van der Waals surface area contributed by atoms with Crippen LogP contribution in [0.5, 0.6) is 0 Å². The molecule has 0 fully saturated rings. The normalized spacial score (nSPS) is 27.5. The van der Waals surface area contributed by atoms with E-state index in [1.165, 1.54) is 7.11 Å². The van der Waals surface area contributed by atoms with Crippen LogP contribution in [-0.4, -0.2) is 35.3 Å². The Hall–Kier alpha value is -1.69. The lowest BCUT2D eigenvalue weighted by atomic mass is 9.88. The van der Waals surface area contributed by atoms with E-state index < -0.39 is 18.3 Å². The number of ether oxygens (including phenoxy) is 1. The quantitative estimate of drug-likeness (QED) is 0.788. The minimum absolute atomic E-state index is 0.113. The molecule has 5 nitrogen and oxygen atoms in total. The number of benzene rings is 1. The minimum Gasteiger partial charge on any atom is -0.457 e. The number of Topliss-reactive ketones (excluding diaryl/α,β-unsaturated/α-hetero) is 1. The topological polar surface area (TPSA) is 79.9 Å². The summed E-state index contributed by atoms with van der Waals surface area (Å²) in [4.78, 5) is 12.2. The Bertz CT molecular complexity index is 615. The van der Waals surface area contributed by atoms with E-state index in [1.54, 1.807) is 24.3 Å². The zero-order valence-corrected chi connectivity index (χ0v) is 9.66. The van der Waals surface area contributed by atoms with Crippen molar-refractivity contribution in [3.63, 3.8) is 0 Å². The fourth-order valence-corrected chi connectivity index (χ4v) is 2.39. The van der Waals surface area contributed by atoms with Gasteiger partial charge in [-0.15, -0.1) is 0 Å². The van der Waals surface area contributed by atoms with E-state index in [1.807, 2.05) is 0 Å². The van der Waals surface area contributed by atoms with E-state index in [0.29, 0.717) is 16.5 Å². The highest BCUT2D eigenvalue weighted by Gasteiger charge is 2.44. The van der Waals surface area contributed by atoms with Gasteiger partial charge in [0.25, 0.3) is 0 Å². The summed E-state index contributed by atoms with van der Waals surface area (Å²) >= 11 is 0. The lowest BCUT2D eigenvalue weighted by molar-refractivity contribution is -0.0744. The van der Waals surface area contributed by atoms with Crippen molar-refractivity contribution in [1.29, 1.82) is 0 Å². The van der Waals surface area contributed by atoms with E-state index >= 15 is 0 Å². The summed E-state index contributed by atoms with van der Waals surface area (Å²) in [6, 6.07) is 7.01. The molecule has 0 radical (unpaired) electrons. The zero-order valence-electron chi connectivity index (χ0n) is 9.66. The summed E-state index contributed by atoms with van der Waals surface area (Å²) in [5.41, 5.74) is 0.814. The van der Waals surface area contributed by atoms with Crippen LogP contribution in [0.1, 0.15) is 22.2 Å². The molecule has 0 unspecified atom stereocenters. The summed E-state index contributed by atoms with van der Waals surface area (Å²) in [5, 5.41) is 20.4. The smallest absolute Gasteiger partial charge is 0.198 e. The van der Waals surface area contributed by atoms with Gasteiger partial charge in [0.15, 0.2) is 5.78 Å². The highest BCUT2D eigenvalue weighted by Crippen LogP contribution is 2.37. The van der Waals surface area contributed by atoms with Crippen LogP contribution in [0.3, 0.4) is 0 Å². The SMILES string of the molecule is CO[C@@H]1C(=O)c2c(oc3ccccc23)[C@H](O)[C@H]1O. The number of hydrogen-bond donors (Lipinski definition) is 2. The molecule has 3 rings (SSSR count). The van der Waals surface area contributed by atoms with Gasteiger partial charge in [-0.25, -0.2) is 0 Å². The Kier molecular flexibility index (Phi) is 2.48. The molecule has 2 aromatic rings. The Balaban J connectivity index is 2.29. The molecule has 1 aromatic carbocycles. The molecule has 0 amide bonds. The highest BCUT2D eigenvalue weighted by atomic mass is 16.5. The maximum atomic E-state index is 12.2. The van der Waals surface area contributed by atoms with Crippen LogP contribution in [0, 0.1) is 0 Å². The number of para-hydroxylation sites is 1. The summed E-state index contributed by atoms with van der Waals surface area (Å²) in [6.07, 6.45) is -3.63. The van der Waals surface area contributed by atoms with Gasteiger partial charge in [-0.1, -0.05) is 18.2 Å². The van der Waals surface area contributed by atoms with Crippen molar-refractivity contribution in [3.8, 4) is 0 Å². The lowest BCUT2D eigenvalue weighted by Crippen LogP contribution is -2.44. The van der Waals surface area contributed by atoms with Crippen LogP contribution < -0.4 is 0 Å². The van der Waals surface area contributed by atoms with Gasteiger partial charge < -0.3 is 19.4 Å². The molecule has 0 saturated carbocycles. The Morgan fingerprint density at radius 2 is 2.00 bits per heavy atom. The number of carbonyl (C=O) groups is 1. The van der Waals surface area contributed by atoms with Crippen molar-refractivity contribution in [3.05, 3.63) is 35.6 Å². The molecule has 18 heavy (non-hydrogen) atoms. The van der Waals surface area contributed by atoms with Gasteiger partial charge in [0.2, 0.25) is 0 Å². The van der Waals surface area contributed by atoms with Crippen LogP contribution in [0.2, 0.25) is 0 Å². The standard InChI is InChI=1S/C13H12O5/c1-17-13-9(14)8-6-4-2-3-5-7(6)18-12(8)10(15)11(13)16/h2-5,10-11,13,15-16H,1H3/t10-,11-,13-/m1/s1. The average Bonchev–Trinajstić information content (AvgIpc) is 2.76. The molecular formula is C13H12O5. The number of methoxy groups -OCH3 is 1. The first kappa shape index (κ1) is 11.4. The van der Waals surface area contributed by atoms with E-state index in [4.69, 9.17) is 9.15 Å². The van der Waals surface area contributed by atoms with Crippen molar-refractivity contribution < 1.29 is 24.2 Å². The van der Waals surface area contributed by atoms with Gasteiger partial charge in [-0.05, 0) is 6.07 Å². The Morgan fingerprint density at radius 3 is 2.72 bits per heavy atom. The molecule has 0 saturated heterocycles. The van der Waals surface area contributed by atoms with Crippen LogP contribution in [-0.2, 0) is 4.74 Å². The summed E-state index contributed by atoms with van der Waals surface area (Å²) in [5.74, 6) is -0.253. The summed E-state index contributed by atoms with van der Waals surface area (Å²) in [6.45, 7) is 0. The number of fused-ring (bicyclic) bond motifs is 3. The third kappa shape index (κ3) is 1.35. The zero-order chi connectivity index (χ0) is 12.9. The second-order valence-corrected chi connectivity index (χ2v) is 4.29. The largest absolute Gasteiger partial charge is 0.457 e. The molecule has 2 N–H and O–H groups in total. The van der Waals surface area contributed by atoms with Crippen molar-refractivity contribution in [2.45, 2.75) is 18.3 Å². The maximum absolute atomic E-state index is 12.2. The molecule has 5 heteroatoms. The number of furan rings is 1. The highest BCUT2D eigenvalue weighted by molar-refractivity contribution is 6.11. The predicted octanol–water partition coefficient (Wildman–Crippen LogP) is 1.04. The average molecular weight is 248 g/mol. The summed E-state index contributed by atoms with van der Waals surface area (Å²) < 4.78 is 10.4.